The van der Waals surface area contributed by atoms with E-state index in [1.165, 1.54) is 31.3 Å². The third-order valence-electron chi connectivity index (χ3n) is 2.07. The van der Waals surface area contributed by atoms with Crippen LogP contribution in [0, 0.1) is 5.82 Å². The Balaban J connectivity index is 2.30. The van der Waals surface area contributed by atoms with E-state index in [4.69, 9.17) is 0 Å². The van der Waals surface area contributed by atoms with Crippen molar-refractivity contribution in [1.82, 2.24) is 5.32 Å². The molecule has 1 aromatic rings. The lowest BCUT2D eigenvalue weighted by Gasteiger charge is -2.04. The summed E-state index contributed by atoms with van der Waals surface area (Å²) in [6, 6.07) is 5.49. The van der Waals surface area contributed by atoms with Gasteiger partial charge in [0.15, 0.2) is 13.1 Å². The van der Waals surface area contributed by atoms with Gasteiger partial charge in [0.05, 0.1) is 0 Å². The van der Waals surface area contributed by atoms with Gasteiger partial charge in [-0.15, -0.1) is 0 Å². The van der Waals surface area contributed by atoms with E-state index in [0.29, 0.717) is 5.69 Å². The summed E-state index contributed by atoms with van der Waals surface area (Å²) in [4.78, 5) is 22.3. The Kier molecular flexibility index (Phi) is 5.09. The second-order valence-electron chi connectivity index (χ2n) is 3.43. The van der Waals surface area contributed by atoms with Crippen molar-refractivity contribution in [3.05, 3.63) is 30.1 Å². The SMILES string of the molecule is CNC(=O)C[NH2+]CC(=O)Nc1ccc(F)cc1. The summed E-state index contributed by atoms with van der Waals surface area (Å²) in [5, 5.41) is 6.62. The first-order valence-corrected chi connectivity index (χ1v) is 5.19. The molecule has 0 saturated heterocycles. The lowest BCUT2D eigenvalue weighted by atomic mass is 10.3. The fraction of sp³-hybridized carbons (Fsp3) is 0.273. The topological polar surface area (TPSA) is 74.8 Å². The highest BCUT2D eigenvalue weighted by Gasteiger charge is 2.06. The minimum Gasteiger partial charge on any atom is -0.354 e. The molecule has 5 nitrogen and oxygen atoms in total. The highest BCUT2D eigenvalue weighted by atomic mass is 19.1. The Hall–Kier alpha value is -1.95. The van der Waals surface area contributed by atoms with Crippen LogP contribution >= 0.6 is 0 Å². The largest absolute Gasteiger partial charge is 0.354 e. The molecule has 1 aromatic carbocycles. The summed E-state index contributed by atoms with van der Waals surface area (Å²) in [5.41, 5.74) is 0.532. The first-order chi connectivity index (χ1) is 8.11. The highest BCUT2D eigenvalue weighted by Crippen LogP contribution is 2.07. The van der Waals surface area contributed by atoms with Crippen LogP contribution in [0.3, 0.4) is 0 Å². The molecule has 0 aliphatic carbocycles. The molecular weight excluding hydrogens is 225 g/mol. The number of rotatable bonds is 5. The Morgan fingerprint density at radius 1 is 1.18 bits per heavy atom. The van der Waals surface area contributed by atoms with Crippen molar-refractivity contribution in [2.45, 2.75) is 0 Å². The number of likely N-dealkylation sites (N-methyl/N-ethyl adjacent to an activating group) is 1. The number of hydrogen-bond donors (Lipinski definition) is 3. The van der Waals surface area contributed by atoms with E-state index in [0.717, 1.165) is 0 Å². The van der Waals surface area contributed by atoms with E-state index in [1.807, 2.05) is 0 Å². The zero-order valence-corrected chi connectivity index (χ0v) is 9.50. The molecule has 17 heavy (non-hydrogen) atoms. The van der Waals surface area contributed by atoms with Crippen molar-refractivity contribution in [3.63, 3.8) is 0 Å². The number of carbonyl (C=O) groups excluding carboxylic acids is 2. The van der Waals surface area contributed by atoms with Crippen LogP contribution in [-0.4, -0.2) is 32.0 Å². The Morgan fingerprint density at radius 3 is 2.35 bits per heavy atom. The molecule has 92 valence electrons. The lowest BCUT2D eigenvalue weighted by molar-refractivity contribution is -0.632. The molecule has 0 radical (unpaired) electrons. The lowest BCUT2D eigenvalue weighted by Crippen LogP contribution is -2.88. The predicted octanol–water partition coefficient (Wildman–Crippen LogP) is -0.926. The number of benzene rings is 1. The van der Waals surface area contributed by atoms with Gasteiger partial charge in [0.1, 0.15) is 5.82 Å². The van der Waals surface area contributed by atoms with Crippen molar-refractivity contribution >= 4 is 17.5 Å². The minimum atomic E-state index is -0.353. The summed E-state index contributed by atoms with van der Waals surface area (Å²) in [7, 11) is 1.54. The number of nitrogens with one attached hydrogen (secondary N) is 2. The fourth-order valence-corrected chi connectivity index (χ4v) is 1.18. The first-order valence-electron chi connectivity index (χ1n) is 5.19. The maximum Gasteiger partial charge on any atom is 0.279 e. The van der Waals surface area contributed by atoms with Crippen molar-refractivity contribution < 1.29 is 19.3 Å². The molecule has 0 unspecified atom stereocenters. The molecular formula is C11H15FN3O2+. The van der Waals surface area contributed by atoms with Crippen molar-refractivity contribution in [2.75, 3.05) is 25.5 Å². The number of hydrogen-bond acceptors (Lipinski definition) is 2. The number of halogens is 1. The number of anilines is 1. The standard InChI is InChI=1S/C11H14FN3O2/c1-13-10(16)6-14-7-11(17)15-9-4-2-8(12)3-5-9/h2-5,14H,6-7H2,1H3,(H,13,16)(H,15,17)/p+1. The monoisotopic (exact) mass is 240 g/mol. The van der Waals surface area contributed by atoms with Gasteiger partial charge in [-0.1, -0.05) is 0 Å². The van der Waals surface area contributed by atoms with Crippen LogP contribution in [-0.2, 0) is 9.59 Å². The summed E-state index contributed by atoms with van der Waals surface area (Å²) < 4.78 is 12.6. The van der Waals surface area contributed by atoms with Crippen LogP contribution in [0.1, 0.15) is 0 Å². The van der Waals surface area contributed by atoms with E-state index in [9.17, 15) is 14.0 Å². The fourth-order valence-electron chi connectivity index (χ4n) is 1.18. The smallest absolute Gasteiger partial charge is 0.279 e. The summed E-state index contributed by atoms with van der Waals surface area (Å²) in [6.07, 6.45) is 0. The predicted molar refractivity (Wildman–Crippen MR) is 60.8 cm³/mol. The van der Waals surface area contributed by atoms with E-state index in [-0.39, 0.29) is 30.7 Å². The normalized spacial score (nSPS) is 9.76. The van der Waals surface area contributed by atoms with Gasteiger partial charge in [-0.25, -0.2) is 4.39 Å². The van der Waals surface area contributed by atoms with Gasteiger partial charge in [0.2, 0.25) is 0 Å². The van der Waals surface area contributed by atoms with Crippen LogP contribution in [0.5, 0.6) is 0 Å². The van der Waals surface area contributed by atoms with Gasteiger partial charge in [0, 0.05) is 12.7 Å². The molecule has 0 aromatic heterocycles. The van der Waals surface area contributed by atoms with Crippen LogP contribution in [0.25, 0.3) is 0 Å². The molecule has 0 saturated carbocycles. The third-order valence-corrected chi connectivity index (χ3v) is 2.07. The van der Waals surface area contributed by atoms with Crippen molar-refractivity contribution in [3.8, 4) is 0 Å². The summed E-state index contributed by atoms with van der Waals surface area (Å²) in [5.74, 6) is -0.728. The zero-order valence-electron chi connectivity index (χ0n) is 9.50. The average Bonchev–Trinajstić information content (AvgIpc) is 2.32. The van der Waals surface area contributed by atoms with Gasteiger partial charge in [-0.3, -0.25) is 9.59 Å². The Morgan fingerprint density at radius 2 is 1.76 bits per heavy atom. The molecule has 0 aliphatic heterocycles. The molecule has 6 heteroatoms. The van der Waals surface area contributed by atoms with Gasteiger partial charge in [-0.05, 0) is 24.3 Å². The Bertz CT molecular complexity index is 392. The summed E-state index contributed by atoms with van der Waals surface area (Å²) >= 11 is 0. The third kappa shape index (κ3) is 5.07. The number of amides is 2. The van der Waals surface area contributed by atoms with Crippen LogP contribution in [0.2, 0.25) is 0 Å². The van der Waals surface area contributed by atoms with Crippen molar-refractivity contribution in [1.29, 1.82) is 0 Å². The van der Waals surface area contributed by atoms with E-state index < -0.39 is 0 Å². The van der Waals surface area contributed by atoms with Gasteiger partial charge in [0.25, 0.3) is 11.8 Å². The minimum absolute atomic E-state index is 0.139. The average molecular weight is 240 g/mol. The number of carbonyl (C=O) groups is 2. The van der Waals surface area contributed by atoms with E-state index in [2.05, 4.69) is 10.6 Å². The number of nitrogens with two attached hydrogens (primary N) is 1. The van der Waals surface area contributed by atoms with Gasteiger partial charge < -0.3 is 16.0 Å². The van der Waals surface area contributed by atoms with Gasteiger partial charge >= 0.3 is 0 Å². The van der Waals surface area contributed by atoms with Crippen LogP contribution in [0.4, 0.5) is 10.1 Å². The van der Waals surface area contributed by atoms with E-state index >= 15 is 0 Å². The maximum absolute atomic E-state index is 12.6. The van der Waals surface area contributed by atoms with Crippen LogP contribution in [0.15, 0.2) is 24.3 Å². The summed E-state index contributed by atoms with van der Waals surface area (Å²) in [6.45, 7) is 0.345. The second kappa shape index (κ2) is 6.59. The quantitative estimate of drug-likeness (QED) is 0.622. The zero-order chi connectivity index (χ0) is 12.7. The maximum atomic E-state index is 12.6. The molecule has 1 rings (SSSR count). The highest BCUT2D eigenvalue weighted by molar-refractivity contribution is 5.91. The second-order valence-corrected chi connectivity index (χ2v) is 3.43. The number of quaternary nitrogens is 1. The molecule has 0 spiro atoms. The molecule has 0 fully saturated rings. The van der Waals surface area contributed by atoms with Gasteiger partial charge in [-0.2, -0.15) is 0 Å². The molecule has 0 bridgehead atoms. The van der Waals surface area contributed by atoms with E-state index in [1.54, 1.807) is 5.32 Å². The molecule has 0 atom stereocenters. The Labute approximate surface area is 98.4 Å². The van der Waals surface area contributed by atoms with Crippen molar-refractivity contribution in [2.24, 2.45) is 0 Å². The molecule has 0 heterocycles. The molecule has 2 amide bonds. The molecule has 0 aliphatic rings. The van der Waals surface area contributed by atoms with Crippen LogP contribution < -0.4 is 16.0 Å². The molecule has 4 N–H and O–H groups in total. The first kappa shape index (κ1) is 13.1.